The first kappa shape index (κ1) is 26.7. The van der Waals surface area contributed by atoms with E-state index >= 15 is 0 Å². The lowest BCUT2D eigenvalue weighted by molar-refractivity contribution is -0.140. The number of benzene rings is 1. The van der Waals surface area contributed by atoms with Crippen molar-refractivity contribution in [1.29, 1.82) is 0 Å². The Morgan fingerprint density at radius 3 is 2.67 bits per heavy atom. The van der Waals surface area contributed by atoms with E-state index in [2.05, 4.69) is 64.4 Å². The third kappa shape index (κ3) is 10.1. The zero-order chi connectivity index (χ0) is 20.9. The Labute approximate surface area is 199 Å². The number of likely N-dealkylation sites (tertiary alicyclic amines) is 1. The first-order chi connectivity index (χ1) is 14.1. The smallest absolute Gasteiger partial charge is 0.305 e. The summed E-state index contributed by atoms with van der Waals surface area (Å²) in [6.45, 7) is 8.17. The molecule has 1 aromatic rings. The summed E-state index contributed by atoms with van der Waals surface area (Å²) in [6, 6.07) is 11.7. The van der Waals surface area contributed by atoms with E-state index in [-0.39, 0.29) is 29.9 Å². The summed E-state index contributed by atoms with van der Waals surface area (Å²) in [5, 5.41) is 6.99. The number of carbonyl (C=O) groups excluding carboxylic acids is 1. The molecule has 2 rings (SSSR count). The highest BCUT2D eigenvalue weighted by Gasteiger charge is 2.25. The molecule has 1 heterocycles. The van der Waals surface area contributed by atoms with Crippen LogP contribution in [0.3, 0.4) is 0 Å². The van der Waals surface area contributed by atoms with Crippen molar-refractivity contribution >= 4 is 35.9 Å². The fourth-order valence-corrected chi connectivity index (χ4v) is 3.77. The van der Waals surface area contributed by atoms with Crippen LogP contribution in [0.15, 0.2) is 35.3 Å². The molecule has 6 nitrogen and oxygen atoms in total. The molecule has 0 saturated carbocycles. The molecule has 2 N–H and O–H groups in total. The van der Waals surface area contributed by atoms with Crippen LogP contribution in [0.2, 0.25) is 0 Å². The molecule has 7 heteroatoms. The van der Waals surface area contributed by atoms with Crippen LogP contribution in [0.25, 0.3) is 0 Å². The number of nitrogens with one attached hydrogen (secondary N) is 2. The summed E-state index contributed by atoms with van der Waals surface area (Å²) in [7, 11) is 1.44. The van der Waals surface area contributed by atoms with Crippen LogP contribution in [0.1, 0.15) is 57.9 Å². The summed E-state index contributed by atoms with van der Waals surface area (Å²) >= 11 is 0. The number of guanidine groups is 1. The SMILES string of the molecule is CCNC(=NCCCCCC(=O)OC)NC1CCN(Cc2ccccc2)C(C)C1.I. The lowest BCUT2D eigenvalue weighted by Gasteiger charge is -2.38. The van der Waals surface area contributed by atoms with Crippen molar-refractivity contribution in [1.82, 2.24) is 15.5 Å². The van der Waals surface area contributed by atoms with Crippen molar-refractivity contribution in [3.05, 3.63) is 35.9 Å². The third-order valence-electron chi connectivity index (χ3n) is 5.46. The Kier molecular flexibility index (Phi) is 13.7. The molecule has 1 saturated heterocycles. The maximum atomic E-state index is 11.1. The predicted octanol–water partition coefficient (Wildman–Crippen LogP) is 3.95. The highest BCUT2D eigenvalue weighted by atomic mass is 127. The molecule has 0 aliphatic carbocycles. The quantitative estimate of drug-likeness (QED) is 0.158. The van der Waals surface area contributed by atoms with Crippen molar-refractivity contribution in [2.75, 3.05) is 26.7 Å². The van der Waals surface area contributed by atoms with Gasteiger partial charge in [0, 0.05) is 44.7 Å². The van der Waals surface area contributed by atoms with Crippen molar-refractivity contribution in [3.8, 4) is 0 Å². The monoisotopic (exact) mass is 530 g/mol. The van der Waals surface area contributed by atoms with Crippen LogP contribution in [-0.4, -0.2) is 55.7 Å². The summed E-state index contributed by atoms with van der Waals surface area (Å²) in [4.78, 5) is 18.4. The number of piperidine rings is 1. The van der Waals surface area contributed by atoms with Gasteiger partial charge >= 0.3 is 5.97 Å². The van der Waals surface area contributed by atoms with Gasteiger partial charge in [-0.15, -0.1) is 24.0 Å². The maximum Gasteiger partial charge on any atom is 0.305 e. The molecule has 30 heavy (non-hydrogen) atoms. The molecule has 2 atom stereocenters. The van der Waals surface area contributed by atoms with Crippen LogP contribution in [0.4, 0.5) is 0 Å². The largest absolute Gasteiger partial charge is 0.469 e. The van der Waals surface area contributed by atoms with Gasteiger partial charge in [0.25, 0.3) is 0 Å². The number of aliphatic imine (C=N–C) groups is 1. The van der Waals surface area contributed by atoms with E-state index in [4.69, 9.17) is 4.99 Å². The molecule has 1 fully saturated rings. The Balaban J connectivity index is 0.00000450. The van der Waals surface area contributed by atoms with E-state index < -0.39 is 0 Å². The summed E-state index contributed by atoms with van der Waals surface area (Å²) < 4.78 is 4.67. The topological polar surface area (TPSA) is 66.0 Å². The maximum absolute atomic E-state index is 11.1. The van der Waals surface area contributed by atoms with Crippen LogP contribution in [0.5, 0.6) is 0 Å². The van der Waals surface area contributed by atoms with E-state index in [1.165, 1.54) is 12.7 Å². The van der Waals surface area contributed by atoms with Gasteiger partial charge in [-0.3, -0.25) is 14.7 Å². The zero-order valence-electron chi connectivity index (χ0n) is 18.7. The number of halogens is 1. The number of unbranched alkanes of at least 4 members (excludes halogenated alkanes) is 2. The van der Waals surface area contributed by atoms with Crippen molar-refractivity contribution in [2.24, 2.45) is 4.99 Å². The van der Waals surface area contributed by atoms with Crippen LogP contribution in [-0.2, 0) is 16.1 Å². The van der Waals surface area contributed by atoms with E-state index in [1.807, 2.05) is 0 Å². The summed E-state index contributed by atoms with van der Waals surface area (Å²) in [5.41, 5.74) is 1.38. The minimum atomic E-state index is -0.128. The van der Waals surface area contributed by atoms with Gasteiger partial charge in [0.1, 0.15) is 0 Å². The second kappa shape index (κ2) is 15.5. The third-order valence-corrected chi connectivity index (χ3v) is 5.46. The Bertz CT molecular complexity index is 627. The molecule has 0 radical (unpaired) electrons. The number of carbonyl (C=O) groups is 1. The molecule has 1 aromatic carbocycles. The van der Waals surface area contributed by atoms with Crippen LogP contribution >= 0.6 is 24.0 Å². The Morgan fingerprint density at radius 1 is 1.23 bits per heavy atom. The predicted molar refractivity (Wildman–Crippen MR) is 134 cm³/mol. The Morgan fingerprint density at radius 2 is 2.00 bits per heavy atom. The molecule has 170 valence electrons. The average molecular weight is 530 g/mol. The molecule has 1 aliphatic rings. The van der Waals surface area contributed by atoms with E-state index in [1.54, 1.807) is 0 Å². The lowest BCUT2D eigenvalue weighted by atomic mass is 9.97. The van der Waals surface area contributed by atoms with Crippen molar-refractivity contribution < 1.29 is 9.53 Å². The fraction of sp³-hybridized carbons (Fsp3) is 0.652. The van der Waals surface area contributed by atoms with Gasteiger partial charge in [0.2, 0.25) is 0 Å². The van der Waals surface area contributed by atoms with E-state index in [0.717, 1.165) is 64.2 Å². The number of esters is 1. The van der Waals surface area contributed by atoms with Crippen LogP contribution < -0.4 is 10.6 Å². The molecular formula is C23H39IN4O2. The summed E-state index contributed by atoms with van der Waals surface area (Å²) in [5.74, 6) is 0.783. The molecule has 2 unspecified atom stereocenters. The summed E-state index contributed by atoms with van der Waals surface area (Å²) in [6.07, 6.45) is 5.59. The first-order valence-corrected chi connectivity index (χ1v) is 11.0. The fourth-order valence-electron chi connectivity index (χ4n) is 3.77. The van der Waals surface area contributed by atoms with Gasteiger partial charge < -0.3 is 15.4 Å². The van der Waals surface area contributed by atoms with Gasteiger partial charge in [-0.25, -0.2) is 0 Å². The van der Waals surface area contributed by atoms with Gasteiger partial charge in [0.05, 0.1) is 7.11 Å². The van der Waals surface area contributed by atoms with Gasteiger partial charge in [0.15, 0.2) is 5.96 Å². The zero-order valence-corrected chi connectivity index (χ0v) is 21.1. The second-order valence-electron chi connectivity index (χ2n) is 7.82. The number of hydrogen-bond donors (Lipinski definition) is 2. The molecular weight excluding hydrogens is 491 g/mol. The average Bonchev–Trinajstić information content (AvgIpc) is 2.73. The minimum Gasteiger partial charge on any atom is -0.469 e. The van der Waals surface area contributed by atoms with Crippen LogP contribution in [0, 0.1) is 0 Å². The lowest BCUT2D eigenvalue weighted by Crippen LogP contribution is -2.51. The highest BCUT2D eigenvalue weighted by Crippen LogP contribution is 2.20. The van der Waals surface area contributed by atoms with Crippen molar-refractivity contribution in [3.63, 3.8) is 0 Å². The van der Waals surface area contributed by atoms with Crippen molar-refractivity contribution in [2.45, 2.75) is 71.0 Å². The molecule has 0 spiro atoms. The highest BCUT2D eigenvalue weighted by molar-refractivity contribution is 14.0. The molecule has 1 aliphatic heterocycles. The first-order valence-electron chi connectivity index (χ1n) is 11.0. The number of ether oxygens (including phenoxy) is 1. The normalized spacial score (nSPS) is 19.6. The standard InChI is InChI=1S/C23H38N4O2.HI/c1-4-24-23(25-15-10-6-9-13-22(28)29-3)26-21-14-16-27(19(2)17-21)18-20-11-7-5-8-12-20;/h5,7-8,11-12,19,21H,4,6,9-10,13-18H2,1-3H3,(H2,24,25,26);1H. The van der Waals surface area contributed by atoms with E-state index in [0.29, 0.717) is 18.5 Å². The van der Waals surface area contributed by atoms with Gasteiger partial charge in [-0.2, -0.15) is 0 Å². The van der Waals surface area contributed by atoms with Gasteiger partial charge in [-0.1, -0.05) is 36.8 Å². The van der Waals surface area contributed by atoms with E-state index in [9.17, 15) is 4.79 Å². The number of hydrogen-bond acceptors (Lipinski definition) is 4. The number of rotatable bonds is 10. The number of nitrogens with zero attached hydrogens (tertiary/aromatic N) is 2. The second-order valence-corrected chi connectivity index (χ2v) is 7.82. The minimum absolute atomic E-state index is 0. The Hall–Kier alpha value is -1.35. The molecule has 0 aromatic heterocycles. The molecule has 0 amide bonds. The number of methoxy groups -OCH3 is 1. The van der Waals surface area contributed by atoms with Gasteiger partial charge in [-0.05, 0) is 45.1 Å². The molecule has 0 bridgehead atoms.